The Bertz CT molecular complexity index is 314. The van der Waals surface area contributed by atoms with Crippen molar-refractivity contribution in [2.75, 3.05) is 19.7 Å². The van der Waals surface area contributed by atoms with Crippen LogP contribution >= 0.6 is 24.0 Å². The van der Waals surface area contributed by atoms with Gasteiger partial charge in [-0.3, -0.25) is 0 Å². The van der Waals surface area contributed by atoms with Crippen molar-refractivity contribution >= 4 is 24.0 Å². The van der Waals surface area contributed by atoms with Gasteiger partial charge in [-0.15, -0.1) is 12.4 Å². The fraction of sp³-hybridized carbons (Fsp3) is 0.500. The van der Waals surface area contributed by atoms with Crippen molar-refractivity contribution < 1.29 is 4.74 Å². The number of halogens is 2. The lowest BCUT2D eigenvalue weighted by Crippen LogP contribution is -2.30. The molecule has 0 amide bonds. The number of nitrogens with one attached hydrogen (secondary N) is 1. The third kappa shape index (κ3) is 3.85. The van der Waals surface area contributed by atoms with E-state index in [1.807, 2.05) is 24.3 Å². The van der Waals surface area contributed by atoms with Gasteiger partial charge < -0.3 is 10.1 Å². The Morgan fingerprint density at radius 3 is 2.62 bits per heavy atom. The van der Waals surface area contributed by atoms with E-state index in [-0.39, 0.29) is 12.4 Å². The van der Waals surface area contributed by atoms with Gasteiger partial charge in [0.2, 0.25) is 0 Å². The van der Waals surface area contributed by atoms with Crippen LogP contribution in [0.5, 0.6) is 5.75 Å². The lowest BCUT2D eigenvalue weighted by Gasteiger charge is -2.22. The Hall–Kier alpha value is -0.440. The van der Waals surface area contributed by atoms with Gasteiger partial charge in [0, 0.05) is 0 Å². The Morgan fingerprint density at radius 2 is 1.94 bits per heavy atom. The fourth-order valence-electron chi connectivity index (χ4n) is 1.82. The normalized spacial score (nSPS) is 16.6. The molecule has 2 nitrogen and oxygen atoms in total. The van der Waals surface area contributed by atoms with Crippen LogP contribution in [0.3, 0.4) is 0 Å². The van der Waals surface area contributed by atoms with Gasteiger partial charge in [-0.2, -0.15) is 0 Å². The summed E-state index contributed by atoms with van der Waals surface area (Å²) in [7, 11) is 0. The van der Waals surface area contributed by atoms with Crippen LogP contribution in [0.4, 0.5) is 0 Å². The van der Waals surface area contributed by atoms with E-state index in [0.29, 0.717) is 10.9 Å². The molecule has 0 saturated carbocycles. The first-order chi connectivity index (χ1) is 7.36. The van der Waals surface area contributed by atoms with Crippen LogP contribution in [0.1, 0.15) is 12.8 Å². The summed E-state index contributed by atoms with van der Waals surface area (Å²) < 4.78 is 5.72. The van der Waals surface area contributed by atoms with Crippen molar-refractivity contribution in [1.29, 1.82) is 0 Å². The van der Waals surface area contributed by atoms with Gasteiger partial charge >= 0.3 is 0 Å². The van der Waals surface area contributed by atoms with Gasteiger partial charge in [-0.25, -0.2) is 0 Å². The average Bonchev–Trinajstić information content (AvgIpc) is 2.29. The van der Waals surface area contributed by atoms with Crippen molar-refractivity contribution in [3.63, 3.8) is 0 Å². The topological polar surface area (TPSA) is 21.3 Å². The first-order valence-electron chi connectivity index (χ1n) is 5.44. The second kappa shape index (κ2) is 7.00. The summed E-state index contributed by atoms with van der Waals surface area (Å²) in [5, 5.41) is 4.04. The zero-order valence-electron chi connectivity index (χ0n) is 9.12. The molecule has 0 aliphatic carbocycles. The zero-order valence-corrected chi connectivity index (χ0v) is 10.7. The monoisotopic (exact) mass is 261 g/mol. The Morgan fingerprint density at radius 1 is 1.25 bits per heavy atom. The number of para-hydroxylation sites is 1. The van der Waals surface area contributed by atoms with Gasteiger partial charge in [0.25, 0.3) is 0 Å². The predicted octanol–water partition coefficient (Wildman–Crippen LogP) is 3.14. The molecule has 1 N–H and O–H groups in total. The van der Waals surface area contributed by atoms with E-state index in [2.05, 4.69) is 5.32 Å². The maximum Gasteiger partial charge on any atom is 0.137 e. The van der Waals surface area contributed by atoms with E-state index in [1.165, 1.54) is 12.8 Å². The predicted molar refractivity (Wildman–Crippen MR) is 69.8 cm³/mol. The van der Waals surface area contributed by atoms with Gasteiger partial charge in [-0.1, -0.05) is 23.7 Å². The molecule has 0 atom stereocenters. The standard InChI is InChI=1S/C12H16ClNO.ClH/c13-11-3-1-2-4-12(11)15-9-10-5-7-14-8-6-10;/h1-4,10,14H,5-9H2;1H. The highest BCUT2D eigenvalue weighted by Gasteiger charge is 2.13. The van der Waals surface area contributed by atoms with E-state index >= 15 is 0 Å². The number of piperidine rings is 1. The fourth-order valence-corrected chi connectivity index (χ4v) is 2.01. The maximum atomic E-state index is 6.00. The molecule has 1 aliphatic heterocycles. The Labute approximate surface area is 108 Å². The lowest BCUT2D eigenvalue weighted by molar-refractivity contribution is 0.215. The molecule has 1 heterocycles. The second-order valence-corrected chi connectivity index (χ2v) is 4.34. The quantitative estimate of drug-likeness (QED) is 0.903. The van der Waals surface area contributed by atoms with Crippen LogP contribution in [0.25, 0.3) is 0 Å². The van der Waals surface area contributed by atoms with Crippen LogP contribution in [-0.4, -0.2) is 19.7 Å². The third-order valence-corrected chi connectivity index (χ3v) is 3.08. The first kappa shape index (κ1) is 13.6. The van der Waals surface area contributed by atoms with E-state index in [1.54, 1.807) is 0 Å². The van der Waals surface area contributed by atoms with Gasteiger partial charge in [0.05, 0.1) is 11.6 Å². The highest BCUT2D eigenvalue weighted by molar-refractivity contribution is 6.32. The van der Waals surface area contributed by atoms with Crippen molar-refractivity contribution in [2.45, 2.75) is 12.8 Å². The van der Waals surface area contributed by atoms with Gasteiger partial charge in [-0.05, 0) is 44.0 Å². The summed E-state index contributed by atoms with van der Waals surface area (Å²) in [6.45, 7) is 3.00. The summed E-state index contributed by atoms with van der Waals surface area (Å²) in [4.78, 5) is 0. The molecule has 1 aliphatic rings. The number of hydrogen-bond acceptors (Lipinski definition) is 2. The van der Waals surface area contributed by atoms with E-state index in [9.17, 15) is 0 Å². The molecule has 0 bridgehead atoms. The average molecular weight is 262 g/mol. The molecule has 0 spiro atoms. The Kier molecular flexibility index (Phi) is 5.96. The van der Waals surface area contributed by atoms with E-state index in [0.717, 1.165) is 25.4 Å². The minimum Gasteiger partial charge on any atom is -0.492 e. The SMILES string of the molecule is Cl.Clc1ccccc1OCC1CCNCC1. The largest absolute Gasteiger partial charge is 0.492 e. The van der Waals surface area contributed by atoms with E-state index < -0.39 is 0 Å². The minimum absolute atomic E-state index is 0. The van der Waals surface area contributed by atoms with Crippen LogP contribution in [0.15, 0.2) is 24.3 Å². The minimum atomic E-state index is 0. The maximum absolute atomic E-state index is 6.00. The summed E-state index contributed by atoms with van der Waals surface area (Å²) in [5.41, 5.74) is 0. The van der Waals surface area contributed by atoms with Gasteiger partial charge in [0.1, 0.15) is 5.75 Å². The van der Waals surface area contributed by atoms with Crippen LogP contribution in [-0.2, 0) is 0 Å². The third-order valence-electron chi connectivity index (χ3n) is 2.77. The summed E-state index contributed by atoms with van der Waals surface area (Å²) in [5.74, 6) is 1.47. The number of rotatable bonds is 3. The molecule has 0 radical (unpaired) electrons. The van der Waals surface area contributed by atoms with Crippen molar-refractivity contribution in [3.05, 3.63) is 29.3 Å². The van der Waals surface area contributed by atoms with Crippen LogP contribution in [0, 0.1) is 5.92 Å². The molecule has 1 aromatic rings. The molecule has 0 unspecified atom stereocenters. The molecule has 0 aromatic heterocycles. The van der Waals surface area contributed by atoms with Crippen molar-refractivity contribution in [2.24, 2.45) is 5.92 Å². The number of hydrogen-bond donors (Lipinski definition) is 1. The summed E-state index contributed by atoms with van der Waals surface area (Å²) in [6.07, 6.45) is 2.40. The highest BCUT2D eigenvalue weighted by Crippen LogP contribution is 2.24. The molecule has 90 valence electrons. The lowest BCUT2D eigenvalue weighted by atomic mass is 9.99. The zero-order chi connectivity index (χ0) is 10.5. The molecular weight excluding hydrogens is 245 g/mol. The number of benzene rings is 1. The molecule has 2 rings (SSSR count). The molecule has 1 aromatic carbocycles. The Balaban J connectivity index is 0.00000128. The van der Waals surface area contributed by atoms with Crippen molar-refractivity contribution in [1.82, 2.24) is 5.32 Å². The molecule has 1 saturated heterocycles. The molecular formula is C12H17Cl2NO. The molecule has 1 fully saturated rings. The van der Waals surface area contributed by atoms with Crippen molar-refractivity contribution in [3.8, 4) is 5.75 Å². The van der Waals surface area contributed by atoms with Crippen LogP contribution in [0.2, 0.25) is 5.02 Å². The first-order valence-corrected chi connectivity index (χ1v) is 5.82. The van der Waals surface area contributed by atoms with E-state index in [4.69, 9.17) is 16.3 Å². The smallest absolute Gasteiger partial charge is 0.137 e. The highest BCUT2D eigenvalue weighted by atomic mass is 35.5. The second-order valence-electron chi connectivity index (χ2n) is 3.93. The number of ether oxygens (including phenoxy) is 1. The molecule has 4 heteroatoms. The summed E-state index contributed by atoms with van der Waals surface area (Å²) in [6, 6.07) is 7.64. The van der Waals surface area contributed by atoms with Gasteiger partial charge in [0.15, 0.2) is 0 Å². The summed E-state index contributed by atoms with van der Waals surface area (Å²) >= 11 is 6.00. The van der Waals surface area contributed by atoms with Crippen LogP contribution < -0.4 is 10.1 Å². The molecule has 16 heavy (non-hydrogen) atoms.